The fourth-order valence-corrected chi connectivity index (χ4v) is 4.86. The van der Waals surface area contributed by atoms with Gasteiger partial charge in [-0.1, -0.05) is 6.42 Å². The monoisotopic (exact) mass is 316 g/mol. The highest BCUT2D eigenvalue weighted by atomic mass is 32.2. The quantitative estimate of drug-likeness (QED) is 0.837. The second-order valence-electron chi connectivity index (χ2n) is 6.09. The van der Waals surface area contributed by atoms with E-state index in [9.17, 15) is 17.2 Å². The summed E-state index contributed by atoms with van der Waals surface area (Å²) >= 11 is 0. The lowest BCUT2D eigenvalue weighted by Crippen LogP contribution is -2.32. The topological polar surface area (TPSA) is 72.2 Å². The standard InChI is InChI=1S/C14H18F2N2O2S/c15-11-5-12(16)14(6-13(11)17)21(19,20)18-7-10-4-8-1-2-9(10)3-8/h5-6,8-10,18H,1-4,7,17H2. The van der Waals surface area contributed by atoms with E-state index in [0.29, 0.717) is 30.4 Å². The zero-order chi connectivity index (χ0) is 15.2. The largest absolute Gasteiger partial charge is 0.396 e. The van der Waals surface area contributed by atoms with E-state index >= 15 is 0 Å². The Labute approximate surface area is 122 Å². The lowest BCUT2D eigenvalue weighted by atomic mass is 9.89. The molecule has 2 aliphatic rings. The maximum Gasteiger partial charge on any atom is 0.243 e. The number of sulfonamides is 1. The van der Waals surface area contributed by atoms with Gasteiger partial charge in [0.15, 0.2) is 0 Å². The summed E-state index contributed by atoms with van der Waals surface area (Å²) in [5.41, 5.74) is 4.94. The SMILES string of the molecule is Nc1cc(S(=O)(=O)NCC2CC3CCC2C3)c(F)cc1F. The van der Waals surface area contributed by atoms with Crippen molar-refractivity contribution in [3.8, 4) is 0 Å². The summed E-state index contributed by atoms with van der Waals surface area (Å²) in [4.78, 5) is -0.593. The van der Waals surface area contributed by atoms with Gasteiger partial charge >= 0.3 is 0 Å². The smallest absolute Gasteiger partial charge is 0.243 e. The lowest BCUT2D eigenvalue weighted by molar-refractivity contribution is 0.332. The van der Waals surface area contributed by atoms with Crippen molar-refractivity contribution in [2.24, 2.45) is 17.8 Å². The maximum atomic E-state index is 13.7. The summed E-state index contributed by atoms with van der Waals surface area (Å²) in [5.74, 6) is -0.482. The van der Waals surface area contributed by atoms with Gasteiger partial charge in [-0.3, -0.25) is 0 Å². The fraction of sp³-hybridized carbons (Fsp3) is 0.571. The molecule has 0 heterocycles. The van der Waals surface area contributed by atoms with Gasteiger partial charge in [-0.25, -0.2) is 21.9 Å². The van der Waals surface area contributed by atoms with Crippen LogP contribution < -0.4 is 10.5 Å². The predicted octanol–water partition coefficient (Wildman–Crippen LogP) is 2.26. The van der Waals surface area contributed by atoms with Crippen molar-refractivity contribution in [2.45, 2.75) is 30.6 Å². The van der Waals surface area contributed by atoms with E-state index in [-0.39, 0.29) is 5.69 Å². The Hall–Kier alpha value is -1.21. The molecule has 0 spiro atoms. The van der Waals surface area contributed by atoms with Crippen LogP contribution in [0.3, 0.4) is 0 Å². The Balaban J connectivity index is 1.74. The van der Waals surface area contributed by atoms with Crippen LogP contribution in [-0.4, -0.2) is 15.0 Å². The predicted molar refractivity (Wildman–Crippen MR) is 74.9 cm³/mol. The van der Waals surface area contributed by atoms with Gasteiger partial charge in [-0.15, -0.1) is 0 Å². The molecule has 3 unspecified atom stereocenters. The van der Waals surface area contributed by atoms with Crippen molar-refractivity contribution in [3.05, 3.63) is 23.8 Å². The van der Waals surface area contributed by atoms with Crippen LogP contribution in [0.5, 0.6) is 0 Å². The molecule has 21 heavy (non-hydrogen) atoms. The molecule has 2 saturated carbocycles. The van der Waals surface area contributed by atoms with Crippen LogP contribution in [0.15, 0.2) is 17.0 Å². The Morgan fingerprint density at radius 3 is 2.57 bits per heavy atom. The number of benzene rings is 1. The van der Waals surface area contributed by atoms with Crippen molar-refractivity contribution in [1.82, 2.24) is 4.72 Å². The van der Waals surface area contributed by atoms with Gasteiger partial charge in [-0.2, -0.15) is 0 Å². The molecular weight excluding hydrogens is 298 g/mol. The van der Waals surface area contributed by atoms with Crippen LogP contribution in [0, 0.1) is 29.4 Å². The van der Waals surface area contributed by atoms with E-state index in [4.69, 9.17) is 5.73 Å². The molecule has 2 aliphatic carbocycles. The molecular formula is C14H18F2N2O2S. The van der Waals surface area contributed by atoms with Crippen molar-refractivity contribution in [3.63, 3.8) is 0 Å². The first-order valence-corrected chi connectivity index (χ1v) is 8.59. The normalized spacial score (nSPS) is 28.2. The third kappa shape index (κ3) is 2.76. The molecule has 1 aromatic rings. The number of fused-ring (bicyclic) bond motifs is 2. The lowest BCUT2D eigenvalue weighted by Gasteiger charge is -2.21. The molecule has 3 atom stereocenters. The Morgan fingerprint density at radius 1 is 1.19 bits per heavy atom. The molecule has 1 aromatic carbocycles. The first-order valence-electron chi connectivity index (χ1n) is 7.11. The zero-order valence-corrected chi connectivity index (χ0v) is 12.3. The highest BCUT2D eigenvalue weighted by Crippen LogP contribution is 2.48. The zero-order valence-electron chi connectivity index (χ0n) is 11.5. The van der Waals surface area contributed by atoms with E-state index in [1.807, 2.05) is 0 Å². The van der Waals surface area contributed by atoms with Crippen LogP contribution in [-0.2, 0) is 10.0 Å². The van der Waals surface area contributed by atoms with Gasteiger partial charge < -0.3 is 5.73 Å². The summed E-state index contributed by atoms with van der Waals surface area (Å²) in [6.45, 7) is 0.306. The molecule has 3 N–H and O–H groups in total. The van der Waals surface area contributed by atoms with Crippen LogP contribution in [0.25, 0.3) is 0 Å². The summed E-state index contributed by atoms with van der Waals surface area (Å²) in [6.07, 6.45) is 4.58. The molecule has 4 nitrogen and oxygen atoms in total. The minimum atomic E-state index is -4.01. The van der Waals surface area contributed by atoms with Gasteiger partial charge in [0.1, 0.15) is 16.5 Å². The van der Waals surface area contributed by atoms with Crippen LogP contribution >= 0.6 is 0 Å². The number of rotatable bonds is 4. The molecule has 3 rings (SSSR count). The van der Waals surface area contributed by atoms with Crippen LogP contribution in [0.4, 0.5) is 14.5 Å². The molecule has 2 bridgehead atoms. The number of nitrogens with two attached hydrogens (primary N) is 1. The Kier molecular flexibility index (Phi) is 3.65. The second kappa shape index (κ2) is 5.21. The van der Waals surface area contributed by atoms with E-state index < -0.39 is 26.6 Å². The average molecular weight is 316 g/mol. The molecule has 0 radical (unpaired) electrons. The van der Waals surface area contributed by atoms with E-state index in [0.717, 1.165) is 18.9 Å². The summed E-state index contributed by atoms with van der Waals surface area (Å²) in [5, 5.41) is 0. The Morgan fingerprint density at radius 2 is 1.95 bits per heavy atom. The van der Waals surface area contributed by atoms with Gasteiger partial charge in [0.2, 0.25) is 10.0 Å². The number of nitrogen functional groups attached to an aromatic ring is 1. The molecule has 0 aliphatic heterocycles. The van der Waals surface area contributed by atoms with Gasteiger partial charge in [0, 0.05) is 12.6 Å². The average Bonchev–Trinajstić information content (AvgIpc) is 3.03. The summed E-state index contributed by atoms with van der Waals surface area (Å²) < 4.78 is 53.5. The van der Waals surface area contributed by atoms with Gasteiger partial charge in [-0.05, 0) is 43.1 Å². The molecule has 0 saturated heterocycles. The van der Waals surface area contributed by atoms with Crippen molar-refractivity contribution in [1.29, 1.82) is 0 Å². The number of anilines is 1. The van der Waals surface area contributed by atoms with Gasteiger partial charge in [0.05, 0.1) is 5.69 Å². The summed E-state index contributed by atoms with van der Waals surface area (Å²) in [7, 11) is -4.01. The van der Waals surface area contributed by atoms with Gasteiger partial charge in [0.25, 0.3) is 0 Å². The van der Waals surface area contributed by atoms with E-state index in [1.54, 1.807) is 0 Å². The van der Waals surface area contributed by atoms with Crippen molar-refractivity contribution >= 4 is 15.7 Å². The molecule has 2 fully saturated rings. The summed E-state index contributed by atoms with van der Waals surface area (Å²) in [6, 6.07) is 1.33. The van der Waals surface area contributed by atoms with Crippen LogP contribution in [0.2, 0.25) is 0 Å². The van der Waals surface area contributed by atoms with E-state index in [1.165, 1.54) is 12.8 Å². The minimum absolute atomic E-state index is 0.306. The number of halogens is 2. The second-order valence-corrected chi connectivity index (χ2v) is 7.83. The number of nitrogens with one attached hydrogen (secondary N) is 1. The molecule has 116 valence electrons. The molecule has 0 amide bonds. The molecule has 7 heteroatoms. The number of hydrogen-bond acceptors (Lipinski definition) is 3. The highest BCUT2D eigenvalue weighted by molar-refractivity contribution is 7.89. The first kappa shape index (κ1) is 14.7. The third-order valence-electron chi connectivity index (χ3n) is 4.76. The Bertz CT molecular complexity index is 663. The van der Waals surface area contributed by atoms with Crippen molar-refractivity contribution < 1.29 is 17.2 Å². The van der Waals surface area contributed by atoms with E-state index in [2.05, 4.69) is 4.72 Å². The third-order valence-corrected chi connectivity index (χ3v) is 6.20. The molecule has 0 aromatic heterocycles. The van der Waals surface area contributed by atoms with Crippen LogP contribution in [0.1, 0.15) is 25.7 Å². The minimum Gasteiger partial charge on any atom is -0.396 e. The van der Waals surface area contributed by atoms with Crippen molar-refractivity contribution in [2.75, 3.05) is 12.3 Å². The first-order chi connectivity index (χ1) is 9.87. The number of hydrogen-bond donors (Lipinski definition) is 2. The maximum absolute atomic E-state index is 13.7. The highest BCUT2D eigenvalue weighted by Gasteiger charge is 2.39. The fourth-order valence-electron chi connectivity index (χ4n) is 3.67.